The Kier molecular flexibility index (Phi) is 1.76. The average Bonchev–Trinajstić information content (AvgIpc) is 2.01. The van der Waals surface area contributed by atoms with Crippen molar-refractivity contribution in [2.45, 2.75) is 31.8 Å². The quantitative estimate of drug-likeness (QED) is 0.529. The van der Waals surface area contributed by atoms with Gasteiger partial charge in [-0.3, -0.25) is 9.59 Å². The molecule has 3 nitrogen and oxygen atoms in total. The van der Waals surface area contributed by atoms with Crippen LogP contribution < -0.4 is 0 Å². The lowest BCUT2D eigenvalue weighted by atomic mass is 9.69. The summed E-state index contributed by atoms with van der Waals surface area (Å²) in [5, 5.41) is 9.45. The number of aliphatic hydroxyl groups is 1. The molecule has 0 saturated heterocycles. The van der Waals surface area contributed by atoms with Crippen molar-refractivity contribution in [3.63, 3.8) is 0 Å². The van der Waals surface area contributed by atoms with Gasteiger partial charge in [0, 0.05) is 12.3 Å². The first-order valence-electron chi connectivity index (χ1n) is 4.44. The fourth-order valence-corrected chi connectivity index (χ4v) is 2.26. The Hall–Kier alpha value is -0.700. The van der Waals surface area contributed by atoms with Crippen LogP contribution >= 0.6 is 0 Å². The van der Waals surface area contributed by atoms with E-state index >= 15 is 0 Å². The maximum Gasteiger partial charge on any atom is 0.148 e. The summed E-state index contributed by atoms with van der Waals surface area (Å²) in [4.78, 5) is 22.7. The molecule has 0 aromatic heterocycles. The molecule has 2 rings (SSSR count). The van der Waals surface area contributed by atoms with Crippen LogP contribution in [0.5, 0.6) is 0 Å². The molecule has 0 amide bonds. The van der Waals surface area contributed by atoms with Gasteiger partial charge in [0.25, 0.3) is 0 Å². The van der Waals surface area contributed by atoms with Gasteiger partial charge >= 0.3 is 0 Å². The summed E-state index contributed by atoms with van der Waals surface area (Å²) in [5.74, 6) is -0.526. The molecule has 0 aromatic carbocycles. The first kappa shape index (κ1) is 7.92. The minimum Gasteiger partial charge on any atom is -0.392 e. The fourth-order valence-electron chi connectivity index (χ4n) is 2.26. The number of aliphatic hydroxyl groups excluding tert-OH is 1. The van der Waals surface area contributed by atoms with Gasteiger partial charge in [0.15, 0.2) is 0 Å². The summed E-state index contributed by atoms with van der Waals surface area (Å²) < 4.78 is 0. The van der Waals surface area contributed by atoms with E-state index in [0.717, 1.165) is 0 Å². The zero-order chi connectivity index (χ0) is 8.72. The highest BCUT2D eigenvalue weighted by atomic mass is 16.3. The van der Waals surface area contributed by atoms with E-state index in [0.29, 0.717) is 25.7 Å². The summed E-state index contributed by atoms with van der Waals surface area (Å²) in [6.07, 6.45) is 1.75. The topological polar surface area (TPSA) is 54.4 Å². The van der Waals surface area contributed by atoms with Crippen molar-refractivity contribution in [1.29, 1.82) is 0 Å². The number of carbonyl (C=O) groups excluding carboxylic acids is 2. The summed E-state index contributed by atoms with van der Waals surface area (Å²) in [6, 6.07) is 0. The van der Waals surface area contributed by atoms with Crippen LogP contribution in [0.25, 0.3) is 0 Å². The van der Waals surface area contributed by atoms with Crippen molar-refractivity contribution in [3.8, 4) is 0 Å². The van der Waals surface area contributed by atoms with Gasteiger partial charge in [-0.05, 0) is 19.3 Å². The van der Waals surface area contributed by atoms with Crippen molar-refractivity contribution in [1.82, 2.24) is 0 Å². The lowest BCUT2D eigenvalue weighted by Gasteiger charge is -2.35. The zero-order valence-electron chi connectivity index (χ0n) is 6.82. The molecule has 2 aliphatic rings. The van der Waals surface area contributed by atoms with Crippen LogP contribution in [0, 0.1) is 11.8 Å². The van der Waals surface area contributed by atoms with Gasteiger partial charge in [-0.15, -0.1) is 0 Å². The molecular weight excluding hydrogens is 156 g/mol. The third-order valence-corrected chi connectivity index (χ3v) is 3.01. The number of carbonyl (C=O) groups is 2. The highest BCUT2D eigenvalue weighted by Gasteiger charge is 2.43. The molecule has 12 heavy (non-hydrogen) atoms. The molecular formula is C9H12O3. The number of fused-ring (bicyclic) bond motifs is 2. The molecule has 0 aliphatic heterocycles. The minimum absolute atomic E-state index is 0.00926. The Morgan fingerprint density at radius 1 is 1.17 bits per heavy atom. The van der Waals surface area contributed by atoms with E-state index in [1.165, 1.54) is 0 Å². The maximum absolute atomic E-state index is 11.4. The van der Waals surface area contributed by atoms with Gasteiger partial charge < -0.3 is 5.11 Å². The highest BCUT2D eigenvalue weighted by Crippen LogP contribution is 2.35. The largest absolute Gasteiger partial charge is 0.392 e. The zero-order valence-corrected chi connectivity index (χ0v) is 6.82. The van der Waals surface area contributed by atoms with Crippen molar-refractivity contribution in [3.05, 3.63) is 0 Å². The van der Waals surface area contributed by atoms with Crippen LogP contribution in [0.15, 0.2) is 0 Å². The second-order valence-corrected chi connectivity index (χ2v) is 3.71. The Labute approximate surface area is 70.8 Å². The van der Waals surface area contributed by atoms with Crippen LogP contribution in [-0.2, 0) is 9.59 Å². The predicted molar refractivity (Wildman–Crippen MR) is 41.5 cm³/mol. The number of ketones is 2. The Morgan fingerprint density at radius 3 is 2.67 bits per heavy atom. The molecule has 0 spiro atoms. The average molecular weight is 168 g/mol. The summed E-state index contributed by atoms with van der Waals surface area (Å²) in [5.41, 5.74) is 0. The standard InChI is InChI=1S/C9H12O3/c10-7-3-1-5-8(11)4-2-6(7)9(5)12/h5-7,10H,1-4H2. The monoisotopic (exact) mass is 168 g/mol. The number of hydrogen-bond acceptors (Lipinski definition) is 3. The third-order valence-electron chi connectivity index (χ3n) is 3.01. The molecule has 0 aromatic rings. The highest BCUT2D eigenvalue weighted by molar-refractivity contribution is 6.06. The second-order valence-electron chi connectivity index (χ2n) is 3.71. The van der Waals surface area contributed by atoms with Gasteiger partial charge in [0.05, 0.1) is 12.0 Å². The molecule has 66 valence electrons. The molecule has 3 heteroatoms. The minimum atomic E-state index is -0.484. The first-order valence-corrected chi connectivity index (χ1v) is 4.44. The van der Waals surface area contributed by atoms with Crippen molar-refractivity contribution < 1.29 is 14.7 Å². The molecule has 0 heterocycles. The second kappa shape index (κ2) is 2.66. The van der Waals surface area contributed by atoms with E-state index in [1.807, 2.05) is 0 Å². The van der Waals surface area contributed by atoms with E-state index in [9.17, 15) is 14.7 Å². The van der Waals surface area contributed by atoms with E-state index < -0.39 is 6.10 Å². The van der Waals surface area contributed by atoms with Crippen molar-refractivity contribution in [2.24, 2.45) is 11.8 Å². The molecule has 1 N–H and O–H groups in total. The van der Waals surface area contributed by atoms with E-state index in [2.05, 4.69) is 0 Å². The molecule has 2 aliphatic carbocycles. The normalized spacial score (nSPS) is 41.6. The molecule has 2 fully saturated rings. The molecule has 3 atom stereocenters. The lowest BCUT2D eigenvalue weighted by molar-refractivity contribution is -0.146. The van der Waals surface area contributed by atoms with Crippen LogP contribution in [0.3, 0.4) is 0 Å². The fraction of sp³-hybridized carbons (Fsp3) is 0.778. The van der Waals surface area contributed by atoms with E-state index in [4.69, 9.17) is 0 Å². The third kappa shape index (κ3) is 1.00. The SMILES string of the molecule is O=C1CCC2C(=O)C1CCC2O. The van der Waals surface area contributed by atoms with Gasteiger partial charge in [-0.1, -0.05) is 0 Å². The van der Waals surface area contributed by atoms with Gasteiger partial charge in [-0.25, -0.2) is 0 Å². The Balaban J connectivity index is 2.23. The van der Waals surface area contributed by atoms with Gasteiger partial charge in [-0.2, -0.15) is 0 Å². The van der Waals surface area contributed by atoms with Crippen LogP contribution in [0.1, 0.15) is 25.7 Å². The number of rotatable bonds is 0. The Bertz CT molecular complexity index is 234. The Morgan fingerprint density at radius 2 is 1.92 bits per heavy atom. The summed E-state index contributed by atoms with van der Waals surface area (Å²) >= 11 is 0. The van der Waals surface area contributed by atoms with Crippen LogP contribution in [0.2, 0.25) is 0 Å². The van der Waals surface area contributed by atoms with Crippen molar-refractivity contribution >= 4 is 11.6 Å². The van der Waals surface area contributed by atoms with E-state index in [1.54, 1.807) is 0 Å². The van der Waals surface area contributed by atoms with Crippen LogP contribution in [0.4, 0.5) is 0 Å². The lowest BCUT2D eigenvalue weighted by Crippen LogP contribution is -2.45. The maximum atomic E-state index is 11.4. The molecule has 3 unspecified atom stereocenters. The van der Waals surface area contributed by atoms with Gasteiger partial charge in [0.2, 0.25) is 0 Å². The van der Waals surface area contributed by atoms with Gasteiger partial charge in [0.1, 0.15) is 11.6 Å². The molecule has 0 radical (unpaired) electrons. The smallest absolute Gasteiger partial charge is 0.148 e. The summed E-state index contributed by atoms with van der Waals surface area (Å²) in [6.45, 7) is 0. The number of Topliss-reactive ketones (excluding diaryl/α,β-unsaturated/α-hetero) is 2. The van der Waals surface area contributed by atoms with Crippen LogP contribution in [-0.4, -0.2) is 22.8 Å². The molecule has 2 saturated carbocycles. The van der Waals surface area contributed by atoms with E-state index in [-0.39, 0.29) is 23.4 Å². The first-order chi connectivity index (χ1) is 5.70. The van der Waals surface area contributed by atoms with Crippen molar-refractivity contribution in [2.75, 3.05) is 0 Å². The summed E-state index contributed by atoms with van der Waals surface area (Å²) in [7, 11) is 0. The number of hydrogen-bond donors (Lipinski definition) is 1. The molecule has 2 bridgehead atoms. The predicted octanol–water partition coefficient (Wildman–Crippen LogP) is 0.305.